The van der Waals surface area contributed by atoms with Crippen molar-refractivity contribution in [1.29, 1.82) is 0 Å². The molecule has 2 nitrogen and oxygen atoms in total. The second kappa shape index (κ2) is 12.0. The van der Waals surface area contributed by atoms with E-state index in [4.69, 9.17) is 8.83 Å². The standard InChI is InChI=1S/C54H32O2/c1-2-16-35-33(14-1)15-11-24-36(35)40-25-13-29-50-53(40)47-32-34(30-31-49(47)55-50)51-41-20-5-7-22-43(41)52(44-23-8-6-21-42(44)51)39-19-4-3-17-37(39)45-26-12-27-46-38-18-9-10-28-48(38)56-54(45)46/h1-32H. The topological polar surface area (TPSA) is 26.3 Å². The molecule has 0 aliphatic heterocycles. The molecule has 0 radical (unpaired) electrons. The number of hydrogen-bond acceptors (Lipinski definition) is 2. The summed E-state index contributed by atoms with van der Waals surface area (Å²) in [6.07, 6.45) is 0. The normalized spacial score (nSPS) is 11.9. The Morgan fingerprint density at radius 2 is 0.786 bits per heavy atom. The first-order valence-electron chi connectivity index (χ1n) is 19.2. The van der Waals surface area contributed by atoms with Gasteiger partial charge in [0.2, 0.25) is 0 Å². The van der Waals surface area contributed by atoms with Gasteiger partial charge in [0.25, 0.3) is 0 Å². The van der Waals surface area contributed by atoms with Crippen LogP contribution in [-0.2, 0) is 0 Å². The monoisotopic (exact) mass is 712 g/mol. The summed E-state index contributed by atoms with van der Waals surface area (Å²) in [4.78, 5) is 0. The Morgan fingerprint density at radius 3 is 1.59 bits per heavy atom. The maximum Gasteiger partial charge on any atom is 0.143 e. The van der Waals surface area contributed by atoms with Crippen molar-refractivity contribution in [3.8, 4) is 44.5 Å². The van der Waals surface area contributed by atoms with E-state index in [-0.39, 0.29) is 0 Å². The van der Waals surface area contributed by atoms with Gasteiger partial charge in [0, 0.05) is 27.1 Å². The number of para-hydroxylation sites is 2. The molecule has 0 saturated heterocycles. The fourth-order valence-corrected chi connectivity index (χ4v) is 9.29. The molecule has 0 bridgehead atoms. The molecule has 0 saturated carbocycles. The number of rotatable bonds is 4. The van der Waals surface area contributed by atoms with Crippen molar-refractivity contribution in [2.24, 2.45) is 0 Å². The van der Waals surface area contributed by atoms with Gasteiger partial charge in [0.15, 0.2) is 0 Å². The highest BCUT2D eigenvalue weighted by Crippen LogP contribution is 2.48. The summed E-state index contributed by atoms with van der Waals surface area (Å²) in [7, 11) is 0. The van der Waals surface area contributed by atoms with E-state index in [0.717, 1.165) is 60.6 Å². The van der Waals surface area contributed by atoms with Crippen molar-refractivity contribution in [3.63, 3.8) is 0 Å². The minimum atomic E-state index is 0.885. The summed E-state index contributed by atoms with van der Waals surface area (Å²) in [5.74, 6) is 0. The van der Waals surface area contributed by atoms with Crippen LogP contribution in [0.4, 0.5) is 0 Å². The van der Waals surface area contributed by atoms with Crippen LogP contribution in [0, 0.1) is 0 Å². The van der Waals surface area contributed by atoms with E-state index < -0.39 is 0 Å². The molecule has 0 unspecified atom stereocenters. The zero-order valence-electron chi connectivity index (χ0n) is 30.3. The third-order valence-electron chi connectivity index (χ3n) is 11.7. The first-order valence-corrected chi connectivity index (χ1v) is 19.2. The van der Waals surface area contributed by atoms with Crippen LogP contribution in [0.25, 0.3) is 121 Å². The molecule has 12 aromatic rings. The van der Waals surface area contributed by atoms with Gasteiger partial charge in [-0.05, 0) is 95.5 Å². The average Bonchev–Trinajstić information content (AvgIpc) is 3.84. The maximum atomic E-state index is 6.59. The van der Waals surface area contributed by atoms with Gasteiger partial charge in [0.05, 0.1) is 0 Å². The zero-order chi connectivity index (χ0) is 36.7. The van der Waals surface area contributed by atoms with E-state index in [1.54, 1.807) is 0 Å². The summed E-state index contributed by atoms with van der Waals surface area (Å²) in [5, 5.41) is 11.8. The van der Waals surface area contributed by atoms with E-state index in [1.807, 2.05) is 6.07 Å². The second-order valence-electron chi connectivity index (χ2n) is 14.7. The molecule has 0 aliphatic carbocycles. The first kappa shape index (κ1) is 31.0. The smallest absolute Gasteiger partial charge is 0.143 e. The predicted molar refractivity (Wildman–Crippen MR) is 235 cm³/mol. The fraction of sp³-hybridized carbons (Fsp3) is 0. The van der Waals surface area contributed by atoms with Gasteiger partial charge in [0.1, 0.15) is 22.3 Å². The Hall–Kier alpha value is -7.42. The van der Waals surface area contributed by atoms with Crippen molar-refractivity contribution in [3.05, 3.63) is 194 Å². The molecule has 10 aromatic carbocycles. The Morgan fingerprint density at radius 1 is 0.268 bits per heavy atom. The van der Waals surface area contributed by atoms with Crippen molar-refractivity contribution in [2.45, 2.75) is 0 Å². The molecule has 0 N–H and O–H groups in total. The molecule has 12 rings (SSSR count). The number of furan rings is 2. The minimum absolute atomic E-state index is 0.885. The van der Waals surface area contributed by atoms with E-state index in [0.29, 0.717) is 0 Å². The molecule has 260 valence electrons. The highest BCUT2D eigenvalue weighted by atomic mass is 16.3. The highest BCUT2D eigenvalue weighted by Gasteiger charge is 2.22. The zero-order valence-corrected chi connectivity index (χ0v) is 30.3. The molecule has 0 atom stereocenters. The molecular weight excluding hydrogens is 681 g/mol. The molecule has 2 heteroatoms. The fourth-order valence-electron chi connectivity index (χ4n) is 9.29. The van der Waals surface area contributed by atoms with Gasteiger partial charge in [-0.15, -0.1) is 0 Å². The van der Waals surface area contributed by atoms with Crippen LogP contribution in [0.3, 0.4) is 0 Å². The summed E-state index contributed by atoms with van der Waals surface area (Å²) >= 11 is 0. The lowest BCUT2D eigenvalue weighted by Gasteiger charge is -2.19. The summed E-state index contributed by atoms with van der Waals surface area (Å²) in [5.41, 5.74) is 13.0. The minimum Gasteiger partial charge on any atom is -0.456 e. The van der Waals surface area contributed by atoms with Crippen LogP contribution < -0.4 is 0 Å². The second-order valence-corrected chi connectivity index (χ2v) is 14.7. The van der Waals surface area contributed by atoms with Crippen molar-refractivity contribution in [2.75, 3.05) is 0 Å². The average molecular weight is 713 g/mol. The summed E-state index contributed by atoms with van der Waals surface area (Å²) < 4.78 is 13.2. The van der Waals surface area contributed by atoms with Crippen LogP contribution in [0.15, 0.2) is 203 Å². The molecule has 0 amide bonds. The maximum absolute atomic E-state index is 6.59. The summed E-state index contributed by atoms with van der Waals surface area (Å²) in [6, 6.07) is 69.7. The Labute approximate surface area is 322 Å². The number of benzene rings is 10. The third-order valence-corrected chi connectivity index (χ3v) is 11.7. The van der Waals surface area contributed by atoms with E-state index >= 15 is 0 Å². The van der Waals surface area contributed by atoms with E-state index in [9.17, 15) is 0 Å². The highest BCUT2D eigenvalue weighted by molar-refractivity contribution is 6.24. The third kappa shape index (κ3) is 4.50. The summed E-state index contributed by atoms with van der Waals surface area (Å²) in [6.45, 7) is 0. The Kier molecular flexibility index (Phi) is 6.66. The van der Waals surface area contributed by atoms with Gasteiger partial charge in [-0.3, -0.25) is 0 Å². The van der Waals surface area contributed by atoms with Crippen molar-refractivity contribution < 1.29 is 8.83 Å². The van der Waals surface area contributed by atoms with Crippen LogP contribution >= 0.6 is 0 Å². The molecule has 0 aliphatic rings. The van der Waals surface area contributed by atoms with Crippen molar-refractivity contribution in [1.82, 2.24) is 0 Å². The number of fused-ring (bicyclic) bond motifs is 9. The predicted octanol–water partition coefficient (Wildman–Crippen LogP) is 15.6. The lowest BCUT2D eigenvalue weighted by molar-refractivity contribution is 0.669. The molecule has 56 heavy (non-hydrogen) atoms. The first-order chi connectivity index (χ1) is 27.8. The molecule has 0 fully saturated rings. The largest absolute Gasteiger partial charge is 0.456 e. The molecule has 0 spiro atoms. The Balaban J connectivity index is 1.12. The quantitative estimate of drug-likeness (QED) is 0.170. The van der Waals surface area contributed by atoms with Crippen LogP contribution in [-0.4, -0.2) is 0 Å². The molecule has 2 heterocycles. The molecule has 2 aromatic heterocycles. The van der Waals surface area contributed by atoms with Gasteiger partial charge in [-0.2, -0.15) is 0 Å². The number of hydrogen-bond donors (Lipinski definition) is 0. The van der Waals surface area contributed by atoms with Crippen LogP contribution in [0.2, 0.25) is 0 Å². The van der Waals surface area contributed by atoms with E-state index in [2.05, 4.69) is 188 Å². The van der Waals surface area contributed by atoms with Crippen LogP contribution in [0.5, 0.6) is 0 Å². The van der Waals surface area contributed by atoms with Gasteiger partial charge < -0.3 is 8.83 Å². The van der Waals surface area contributed by atoms with Gasteiger partial charge in [-0.25, -0.2) is 0 Å². The van der Waals surface area contributed by atoms with Gasteiger partial charge in [-0.1, -0.05) is 170 Å². The SMILES string of the molecule is c1ccc(-c2cccc3c2oc2ccccc23)c(-c2c3ccccc3c(-c3ccc4oc5cccc(-c6cccc7ccccc67)c5c4c3)c3ccccc23)c1. The van der Waals surface area contributed by atoms with Crippen molar-refractivity contribution >= 4 is 76.2 Å². The van der Waals surface area contributed by atoms with E-state index in [1.165, 1.54) is 60.1 Å². The van der Waals surface area contributed by atoms with Crippen LogP contribution in [0.1, 0.15) is 0 Å². The van der Waals surface area contributed by atoms with Gasteiger partial charge >= 0.3 is 0 Å². The lowest BCUT2D eigenvalue weighted by atomic mass is 9.83. The lowest BCUT2D eigenvalue weighted by Crippen LogP contribution is -1.93. The Bertz CT molecular complexity index is 3480. The molecular formula is C54H32O2.